The van der Waals surface area contributed by atoms with Crippen molar-refractivity contribution in [3.8, 4) is 11.5 Å². The number of aromatic carboxylic acids is 1. The van der Waals surface area contributed by atoms with E-state index in [0.717, 1.165) is 28.8 Å². The summed E-state index contributed by atoms with van der Waals surface area (Å²) in [6, 6.07) is 18.5. The van der Waals surface area contributed by atoms with Crippen molar-refractivity contribution >= 4 is 17.6 Å². The molecule has 1 N–H and O–H groups in total. The molecule has 194 valence electrons. The first-order valence-corrected chi connectivity index (χ1v) is 12.1. The van der Waals surface area contributed by atoms with Crippen LogP contribution in [0.15, 0.2) is 89.0 Å². The topological polar surface area (TPSA) is 98.0 Å². The van der Waals surface area contributed by atoms with Gasteiger partial charge in [-0.15, -0.1) is 0 Å². The van der Waals surface area contributed by atoms with Crippen LogP contribution >= 0.6 is 11.6 Å². The number of hydrogen-bond acceptors (Lipinski definition) is 5. The summed E-state index contributed by atoms with van der Waals surface area (Å²) in [7, 11) is 1.62. The number of nitroso groups, excluding NO2 is 1. The zero-order valence-electron chi connectivity index (χ0n) is 20.6. The van der Waals surface area contributed by atoms with Crippen molar-refractivity contribution in [3.63, 3.8) is 0 Å². The summed E-state index contributed by atoms with van der Waals surface area (Å²) in [6.07, 6.45) is 1.95. The maximum Gasteiger partial charge on any atom is 0.338 e. The van der Waals surface area contributed by atoms with Gasteiger partial charge in [0.05, 0.1) is 5.56 Å². The van der Waals surface area contributed by atoms with Crippen LogP contribution in [0.5, 0.6) is 11.5 Å². The Labute approximate surface area is 223 Å². The van der Waals surface area contributed by atoms with Crippen molar-refractivity contribution in [2.45, 2.75) is 25.3 Å². The molecular formula is C29H24ClFN2O5. The molecule has 38 heavy (non-hydrogen) atoms. The van der Waals surface area contributed by atoms with E-state index in [9.17, 15) is 18.9 Å². The van der Waals surface area contributed by atoms with Gasteiger partial charge in [-0.05, 0) is 84.1 Å². The molecule has 0 fully saturated rings. The third-order valence-electron chi connectivity index (χ3n) is 6.37. The molecule has 3 aromatic carbocycles. The number of nitrogens with zero attached hydrogens (tertiary/aromatic N) is 2. The molecule has 2 unspecified atom stereocenters. The Morgan fingerprint density at radius 3 is 2.34 bits per heavy atom. The summed E-state index contributed by atoms with van der Waals surface area (Å²) in [5.41, 5.74) is 2.75. The molecule has 9 heteroatoms. The normalized spacial score (nSPS) is 12.5. The summed E-state index contributed by atoms with van der Waals surface area (Å²) >= 11 is 6.19. The molecular weight excluding hydrogens is 511 g/mol. The molecule has 0 radical (unpaired) electrons. The number of hydrogen-bond donors (Lipinski definition) is 1. The maximum absolute atomic E-state index is 13.7. The molecule has 0 aliphatic heterocycles. The van der Waals surface area contributed by atoms with E-state index in [0.29, 0.717) is 22.8 Å². The number of halogens is 2. The number of pyridine rings is 1. The predicted octanol–water partition coefficient (Wildman–Crippen LogP) is 7.01. The van der Waals surface area contributed by atoms with E-state index in [4.69, 9.17) is 21.4 Å². The standard InChI is InChI=1S/C29H24ClFN2O5/c1-17-13-20(30)6-10-23(17)24(15-27(32-37)19-5-12-28(34)33(2)16-19)18-3-7-21(8-4-18)38-22-9-11-26(31)25(14-22)29(35)36/h3-14,16,24,27H,15H2,1-2H3,(H,35,36). The molecule has 7 nitrogen and oxygen atoms in total. The Morgan fingerprint density at radius 1 is 1.03 bits per heavy atom. The second-order valence-corrected chi connectivity index (χ2v) is 9.38. The third-order valence-corrected chi connectivity index (χ3v) is 6.61. The van der Waals surface area contributed by atoms with E-state index in [2.05, 4.69) is 5.18 Å². The number of carboxylic acid groups (broad SMARTS) is 1. The summed E-state index contributed by atoms with van der Waals surface area (Å²) in [5.74, 6) is -1.88. The smallest absolute Gasteiger partial charge is 0.338 e. The fraction of sp³-hybridized carbons (Fsp3) is 0.172. The molecule has 4 aromatic rings. The Kier molecular flexibility index (Phi) is 8.02. The van der Waals surface area contributed by atoms with Gasteiger partial charge in [-0.3, -0.25) is 4.79 Å². The van der Waals surface area contributed by atoms with Gasteiger partial charge in [-0.25, -0.2) is 9.18 Å². The minimum Gasteiger partial charge on any atom is -0.478 e. The predicted molar refractivity (Wildman–Crippen MR) is 143 cm³/mol. The number of carbonyl (C=O) groups is 1. The van der Waals surface area contributed by atoms with Crippen LogP contribution in [0.3, 0.4) is 0 Å². The molecule has 0 amide bonds. The number of carboxylic acids is 1. The van der Waals surface area contributed by atoms with Crippen molar-refractivity contribution < 1.29 is 19.0 Å². The SMILES string of the molecule is Cc1cc(Cl)ccc1C(CC(N=O)c1ccc(=O)n(C)c1)c1ccc(Oc2ccc(F)c(C(=O)O)c2)cc1. The first-order valence-electron chi connectivity index (χ1n) is 11.7. The maximum atomic E-state index is 13.7. The zero-order chi connectivity index (χ0) is 27.4. The number of aromatic nitrogens is 1. The highest BCUT2D eigenvalue weighted by molar-refractivity contribution is 6.30. The highest BCUT2D eigenvalue weighted by Gasteiger charge is 2.24. The van der Waals surface area contributed by atoms with Gasteiger partial charge in [0.15, 0.2) is 0 Å². The summed E-state index contributed by atoms with van der Waals surface area (Å²) in [4.78, 5) is 35.0. The molecule has 0 aliphatic carbocycles. The number of ether oxygens (including phenoxy) is 1. The van der Waals surface area contributed by atoms with Crippen LogP contribution in [0.2, 0.25) is 5.02 Å². The average molecular weight is 535 g/mol. The summed E-state index contributed by atoms with van der Waals surface area (Å²) < 4.78 is 20.9. The van der Waals surface area contributed by atoms with E-state index in [1.165, 1.54) is 16.7 Å². The molecule has 0 aliphatic rings. The van der Waals surface area contributed by atoms with Gasteiger partial charge >= 0.3 is 5.97 Å². The molecule has 0 spiro atoms. The van der Waals surface area contributed by atoms with Gasteiger partial charge in [-0.2, -0.15) is 4.91 Å². The van der Waals surface area contributed by atoms with Gasteiger partial charge in [0, 0.05) is 30.3 Å². The first-order chi connectivity index (χ1) is 18.2. The minimum atomic E-state index is -1.39. The van der Waals surface area contributed by atoms with Crippen molar-refractivity contribution in [1.29, 1.82) is 0 Å². The average Bonchev–Trinajstić information content (AvgIpc) is 2.89. The van der Waals surface area contributed by atoms with E-state index in [1.54, 1.807) is 37.5 Å². The lowest BCUT2D eigenvalue weighted by Gasteiger charge is -2.23. The number of aryl methyl sites for hydroxylation is 2. The second kappa shape index (κ2) is 11.4. The van der Waals surface area contributed by atoms with Crippen LogP contribution in [-0.2, 0) is 7.05 Å². The van der Waals surface area contributed by atoms with E-state index in [-0.39, 0.29) is 17.2 Å². The van der Waals surface area contributed by atoms with Crippen molar-refractivity contribution in [3.05, 3.63) is 133 Å². The van der Waals surface area contributed by atoms with Crippen molar-refractivity contribution in [2.24, 2.45) is 12.2 Å². The molecule has 0 bridgehead atoms. The van der Waals surface area contributed by atoms with Crippen LogP contribution in [0.25, 0.3) is 0 Å². The van der Waals surface area contributed by atoms with Crippen LogP contribution in [-0.4, -0.2) is 15.6 Å². The molecule has 0 saturated carbocycles. The summed E-state index contributed by atoms with van der Waals surface area (Å²) in [6.45, 7) is 1.94. The van der Waals surface area contributed by atoms with Gasteiger partial charge in [0.2, 0.25) is 5.56 Å². The van der Waals surface area contributed by atoms with E-state index >= 15 is 0 Å². The Hall–Kier alpha value is -4.30. The van der Waals surface area contributed by atoms with E-state index in [1.807, 2.05) is 31.2 Å². The van der Waals surface area contributed by atoms with Crippen LogP contribution in [0, 0.1) is 17.6 Å². The van der Waals surface area contributed by atoms with Gasteiger partial charge in [0.25, 0.3) is 0 Å². The highest BCUT2D eigenvalue weighted by Crippen LogP contribution is 2.38. The lowest BCUT2D eigenvalue weighted by molar-refractivity contribution is 0.0691. The quantitative estimate of drug-likeness (QED) is 0.233. The zero-order valence-corrected chi connectivity index (χ0v) is 21.4. The highest BCUT2D eigenvalue weighted by atomic mass is 35.5. The number of rotatable bonds is 9. The molecule has 0 saturated heterocycles. The second-order valence-electron chi connectivity index (χ2n) is 8.94. The van der Waals surface area contributed by atoms with Crippen molar-refractivity contribution in [2.75, 3.05) is 0 Å². The Balaban J connectivity index is 1.67. The monoisotopic (exact) mass is 534 g/mol. The number of benzene rings is 3. The van der Waals surface area contributed by atoms with Gasteiger partial charge in [-0.1, -0.05) is 35.0 Å². The van der Waals surface area contributed by atoms with Gasteiger partial charge < -0.3 is 14.4 Å². The van der Waals surface area contributed by atoms with Crippen LogP contribution in [0.4, 0.5) is 4.39 Å². The fourth-order valence-electron chi connectivity index (χ4n) is 4.38. The molecule has 1 heterocycles. The molecule has 2 atom stereocenters. The molecule has 1 aromatic heterocycles. The van der Waals surface area contributed by atoms with Crippen LogP contribution < -0.4 is 10.3 Å². The minimum absolute atomic E-state index is 0.182. The lowest BCUT2D eigenvalue weighted by atomic mass is 9.83. The Bertz CT molecular complexity index is 1550. The van der Waals surface area contributed by atoms with Crippen molar-refractivity contribution in [1.82, 2.24) is 4.57 Å². The first kappa shape index (κ1) is 26.8. The molecule has 4 rings (SSSR count). The van der Waals surface area contributed by atoms with Gasteiger partial charge in [0.1, 0.15) is 23.4 Å². The lowest BCUT2D eigenvalue weighted by Crippen LogP contribution is -2.16. The Morgan fingerprint density at radius 2 is 1.71 bits per heavy atom. The largest absolute Gasteiger partial charge is 0.478 e. The summed E-state index contributed by atoms with van der Waals surface area (Å²) in [5, 5.41) is 13.1. The van der Waals surface area contributed by atoms with Crippen LogP contribution in [0.1, 0.15) is 51.0 Å². The van der Waals surface area contributed by atoms with E-state index < -0.39 is 23.4 Å². The third kappa shape index (κ3) is 5.98. The fourth-order valence-corrected chi connectivity index (χ4v) is 4.61.